The number of fused-ring (bicyclic) bond motifs is 1. The van der Waals surface area contributed by atoms with E-state index in [2.05, 4.69) is 0 Å². The molecule has 2 aromatic carbocycles. The fraction of sp³-hybridized carbons (Fsp3) is 0.364. The SMILES string of the molecule is CC(C)(C)OC(=O)N1CCc2c(F)c(C=O)cc(OCc3ccccc3)c2C1. The van der Waals surface area contributed by atoms with Crippen molar-refractivity contribution in [3.8, 4) is 5.75 Å². The maximum atomic E-state index is 14.7. The van der Waals surface area contributed by atoms with Gasteiger partial charge < -0.3 is 14.4 Å². The molecule has 1 aliphatic heterocycles. The highest BCUT2D eigenvalue weighted by Gasteiger charge is 2.30. The van der Waals surface area contributed by atoms with Gasteiger partial charge in [0.15, 0.2) is 6.29 Å². The summed E-state index contributed by atoms with van der Waals surface area (Å²) in [6.07, 6.45) is 0.335. The number of hydrogen-bond acceptors (Lipinski definition) is 4. The Morgan fingerprint density at radius 2 is 1.93 bits per heavy atom. The molecule has 2 aromatic rings. The lowest BCUT2D eigenvalue weighted by Crippen LogP contribution is -2.40. The van der Waals surface area contributed by atoms with Gasteiger partial charge in [0.1, 0.15) is 23.8 Å². The van der Waals surface area contributed by atoms with E-state index in [-0.39, 0.29) is 18.7 Å². The van der Waals surface area contributed by atoms with Crippen molar-refractivity contribution in [2.24, 2.45) is 0 Å². The molecule has 6 heteroatoms. The lowest BCUT2D eigenvalue weighted by molar-refractivity contribution is 0.0220. The summed E-state index contributed by atoms with van der Waals surface area (Å²) >= 11 is 0. The Kier molecular flexibility index (Phi) is 5.68. The van der Waals surface area contributed by atoms with Gasteiger partial charge in [-0.15, -0.1) is 0 Å². The van der Waals surface area contributed by atoms with E-state index in [1.165, 1.54) is 11.0 Å². The van der Waals surface area contributed by atoms with Gasteiger partial charge in [0.05, 0.1) is 12.1 Å². The third-order valence-corrected chi connectivity index (χ3v) is 4.46. The van der Waals surface area contributed by atoms with Crippen LogP contribution in [0.4, 0.5) is 9.18 Å². The molecule has 0 radical (unpaired) electrons. The molecule has 0 spiro atoms. The Hall–Kier alpha value is -2.89. The topological polar surface area (TPSA) is 55.8 Å². The Balaban J connectivity index is 1.88. The number of rotatable bonds is 4. The number of ether oxygens (including phenoxy) is 2. The second-order valence-electron chi connectivity index (χ2n) is 7.78. The Bertz CT molecular complexity index is 874. The number of amides is 1. The molecule has 3 rings (SSSR count). The van der Waals surface area contributed by atoms with Crippen molar-refractivity contribution in [1.29, 1.82) is 0 Å². The zero-order valence-corrected chi connectivity index (χ0v) is 16.3. The summed E-state index contributed by atoms with van der Waals surface area (Å²) < 4.78 is 26.0. The number of aldehydes is 1. The molecule has 0 fully saturated rings. The molecule has 5 nitrogen and oxygen atoms in total. The molecule has 0 unspecified atom stereocenters. The van der Waals surface area contributed by atoms with Crippen LogP contribution < -0.4 is 4.74 Å². The largest absolute Gasteiger partial charge is 0.489 e. The van der Waals surface area contributed by atoms with Crippen LogP contribution >= 0.6 is 0 Å². The number of benzene rings is 2. The molecular weight excluding hydrogens is 361 g/mol. The van der Waals surface area contributed by atoms with Gasteiger partial charge in [-0.25, -0.2) is 9.18 Å². The third kappa shape index (κ3) is 4.50. The zero-order chi connectivity index (χ0) is 20.3. The Morgan fingerprint density at radius 3 is 2.57 bits per heavy atom. The summed E-state index contributed by atoms with van der Waals surface area (Å²) in [5.74, 6) is -0.128. The number of hydrogen-bond donors (Lipinski definition) is 0. The maximum Gasteiger partial charge on any atom is 0.410 e. The second-order valence-corrected chi connectivity index (χ2v) is 7.78. The first-order valence-corrected chi connectivity index (χ1v) is 9.22. The monoisotopic (exact) mass is 385 g/mol. The average Bonchev–Trinajstić information content (AvgIpc) is 2.66. The van der Waals surface area contributed by atoms with Crippen molar-refractivity contribution < 1.29 is 23.5 Å². The van der Waals surface area contributed by atoms with E-state index in [1.807, 2.05) is 30.3 Å². The van der Waals surface area contributed by atoms with Crippen LogP contribution in [0.25, 0.3) is 0 Å². The van der Waals surface area contributed by atoms with Gasteiger partial charge >= 0.3 is 6.09 Å². The minimum atomic E-state index is -0.614. The quantitative estimate of drug-likeness (QED) is 0.727. The molecule has 0 saturated heterocycles. The van der Waals surface area contributed by atoms with E-state index in [1.54, 1.807) is 20.8 Å². The van der Waals surface area contributed by atoms with Gasteiger partial charge in [-0.2, -0.15) is 0 Å². The minimum Gasteiger partial charge on any atom is -0.489 e. The molecule has 1 amide bonds. The molecule has 0 atom stereocenters. The first-order valence-electron chi connectivity index (χ1n) is 9.22. The molecule has 0 aliphatic carbocycles. The summed E-state index contributed by atoms with van der Waals surface area (Å²) in [5.41, 5.74) is 1.31. The Labute approximate surface area is 164 Å². The highest BCUT2D eigenvalue weighted by atomic mass is 19.1. The minimum absolute atomic E-state index is 0.0347. The lowest BCUT2D eigenvalue weighted by Gasteiger charge is -2.32. The lowest BCUT2D eigenvalue weighted by atomic mass is 9.95. The first kappa shape index (κ1) is 19.9. The number of halogens is 1. The van der Waals surface area contributed by atoms with Crippen molar-refractivity contribution in [3.05, 3.63) is 64.5 Å². The van der Waals surface area contributed by atoms with Crippen molar-refractivity contribution in [3.63, 3.8) is 0 Å². The summed E-state index contributed by atoms with van der Waals surface area (Å²) in [5, 5.41) is 0. The summed E-state index contributed by atoms with van der Waals surface area (Å²) in [6.45, 7) is 6.17. The molecular formula is C22H24FNO4. The van der Waals surface area contributed by atoms with E-state index in [4.69, 9.17) is 9.47 Å². The van der Waals surface area contributed by atoms with Crippen LogP contribution in [0.1, 0.15) is 47.8 Å². The van der Waals surface area contributed by atoms with Crippen LogP contribution in [-0.4, -0.2) is 29.4 Å². The molecule has 148 valence electrons. The van der Waals surface area contributed by atoms with E-state index in [9.17, 15) is 14.0 Å². The highest BCUT2D eigenvalue weighted by Crippen LogP contribution is 2.33. The van der Waals surface area contributed by atoms with Gasteiger partial charge in [0, 0.05) is 12.1 Å². The molecule has 0 aromatic heterocycles. The van der Waals surface area contributed by atoms with E-state index >= 15 is 0 Å². The average molecular weight is 385 g/mol. The molecule has 0 saturated carbocycles. The van der Waals surface area contributed by atoms with Crippen molar-refractivity contribution >= 4 is 12.4 Å². The fourth-order valence-corrected chi connectivity index (χ4v) is 3.13. The number of carbonyl (C=O) groups is 2. The molecule has 1 aliphatic rings. The predicted molar refractivity (Wildman–Crippen MR) is 103 cm³/mol. The standard InChI is InChI=1S/C22H24FNO4/c1-22(2,3)28-21(26)24-10-9-17-18(12-24)19(11-16(13-25)20(17)23)27-14-15-7-5-4-6-8-15/h4-8,11,13H,9-10,12,14H2,1-3H3. The molecule has 0 bridgehead atoms. The summed E-state index contributed by atoms with van der Waals surface area (Å²) in [4.78, 5) is 25.3. The first-order chi connectivity index (χ1) is 13.3. The summed E-state index contributed by atoms with van der Waals surface area (Å²) in [7, 11) is 0. The predicted octanol–water partition coefficient (Wildman–Crippen LogP) is 4.51. The van der Waals surface area contributed by atoms with Crippen molar-refractivity contribution in [1.82, 2.24) is 4.90 Å². The van der Waals surface area contributed by atoms with E-state index in [0.717, 1.165) is 5.56 Å². The van der Waals surface area contributed by atoms with Gasteiger partial charge in [-0.3, -0.25) is 4.79 Å². The van der Waals surface area contributed by atoms with Crippen LogP contribution in [0.2, 0.25) is 0 Å². The van der Waals surface area contributed by atoms with Crippen molar-refractivity contribution in [2.45, 2.75) is 45.9 Å². The number of carbonyl (C=O) groups excluding carboxylic acids is 2. The van der Waals surface area contributed by atoms with Crippen molar-refractivity contribution in [2.75, 3.05) is 6.54 Å². The van der Waals surface area contributed by atoms with Gasteiger partial charge in [0.25, 0.3) is 0 Å². The smallest absolute Gasteiger partial charge is 0.410 e. The van der Waals surface area contributed by atoms with Gasteiger partial charge in [0.2, 0.25) is 0 Å². The normalized spacial score (nSPS) is 13.6. The van der Waals surface area contributed by atoms with E-state index < -0.39 is 17.5 Å². The zero-order valence-electron chi connectivity index (χ0n) is 16.3. The van der Waals surface area contributed by atoms with Crippen LogP contribution in [0.15, 0.2) is 36.4 Å². The molecule has 1 heterocycles. The maximum absolute atomic E-state index is 14.7. The highest BCUT2D eigenvalue weighted by molar-refractivity contribution is 5.78. The van der Waals surface area contributed by atoms with Crippen LogP contribution in [0.3, 0.4) is 0 Å². The molecule has 0 N–H and O–H groups in total. The summed E-state index contributed by atoms with van der Waals surface area (Å²) in [6, 6.07) is 11.0. The van der Waals surface area contributed by atoms with Gasteiger partial charge in [-0.05, 0) is 44.4 Å². The second kappa shape index (κ2) is 8.00. The third-order valence-electron chi connectivity index (χ3n) is 4.46. The van der Waals surface area contributed by atoms with E-state index in [0.29, 0.717) is 36.1 Å². The fourth-order valence-electron chi connectivity index (χ4n) is 3.13. The van der Waals surface area contributed by atoms with Crippen LogP contribution in [0, 0.1) is 5.82 Å². The number of nitrogens with zero attached hydrogens (tertiary/aromatic N) is 1. The molecule has 28 heavy (non-hydrogen) atoms. The van der Waals surface area contributed by atoms with Gasteiger partial charge in [-0.1, -0.05) is 30.3 Å². The Morgan fingerprint density at radius 1 is 1.21 bits per heavy atom. The van der Waals surface area contributed by atoms with Crippen LogP contribution in [0.5, 0.6) is 5.75 Å². The van der Waals surface area contributed by atoms with Crippen LogP contribution in [-0.2, 0) is 24.3 Å².